The van der Waals surface area contributed by atoms with Crippen LogP contribution >= 0.6 is 0 Å². The van der Waals surface area contributed by atoms with Gasteiger partial charge in [0.15, 0.2) is 5.58 Å². The van der Waals surface area contributed by atoms with Crippen LogP contribution in [0, 0.1) is 0 Å². The van der Waals surface area contributed by atoms with Gasteiger partial charge in [0.2, 0.25) is 5.89 Å². The van der Waals surface area contributed by atoms with Crippen LogP contribution < -0.4 is 4.90 Å². The van der Waals surface area contributed by atoms with Gasteiger partial charge in [-0.05, 0) is 30.3 Å². The number of para-hydroxylation sites is 2. The number of anilines is 1. The van der Waals surface area contributed by atoms with E-state index in [-0.39, 0.29) is 0 Å². The molecule has 0 atom stereocenters. The van der Waals surface area contributed by atoms with Gasteiger partial charge in [-0.15, -0.1) is 0 Å². The van der Waals surface area contributed by atoms with Crippen LogP contribution in [0.1, 0.15) is 0 Å². The molecule has 1 aliphatic heterocycles. The minimum absolute atomic E-state index is 0.673. The van der Waals surface area contributed by atoms with Crippen molar-refractivity contribution >= 4 is 16.8 Å². The molecule has 0 saturated carbocycles. The Morgan fingerprint density at radius 1 is 0.952 bits per heavy atom. The average molecular weight is 280 g/mol. The number of rotatable bonds is 2. The molecule has 1 fully saturated rings. The van der Waals surface area contributed by atoms with Crippen LogP contribution in [0.25, 0.3) is 22.6 Å². The third-order valence-corrected chi connectivity index (χ3v) is 3.76. The van der Waals surface area contributed by atoms with E-state index in [1.807, 2.05) is 30.3 Å². The molecule has 1 saturated heterocycles. The molecule has 21 heavy (non-hydrogen) atoms. The summed E-state index contributed by atoms with van der Waals surface area (Å²) in [4.78, 5) is 6.89. The molecular weight excluding hydrogens is 264 g/mol. The molecule has 4 nitrogen and oxygen atoms in total. The Morgan fingerprint density at radius 2 is 1.81 bits per heavy atom. The monoisotopic (exact) mass is 280 g/mol. The maximum atomic E-state index is 5.84. The van der Waals surface area contributed by atoms with Crippen molar-refractivity contribution in [2.24, 2.45) is 0 Å². The molecule has 0 N–H and O–H groups in total. The van der Waals surface area contributed by atoms with Crippen molar-refractivity contribution in [1.82, 2.24) is 4.98 Å². The minimum atomic E-state index is 0.673. The standard InChI is InChI=1S/C17H16N2O2/c1-2-7-16-15(6-1)18-17(21-16)13-4-3-5-14(12-13)19-8-10-20-11-9-19/h1-7,12H,8-11H2. The van der Waals surface area contributed by atoms with Crippen LogP contribution in [-0.4, -0.2) is 31.3 Å². The van der Waals surface area contributed by atoms with Gasteiger partial charge >= 0.3 is 0 Å². The fourth-order valence-electron chi connectivity index (χ4n) is 2.65. The minimum Gasteiger partial charge on any atom is -0.436 e. The first kappa shape index (κ1) is 12.4. The highest BCUT2D eigenvalue weighted by atomic mass is 16.5. The van der Waals surface area contributed by atoms with Crippen LogP contribution in [0.15, 0.2) is 52.9 Å². The van der Waals surface area contributed by atoms with Crippen molar-refractivity contribution in [3.05, 3.63) is 48.5 Å². The predicted molar refractivity (Wildman–Crippen MR) is 82.5 cm³/mol. The summed E-state index contributed by atoms with van der Waals surface area (Å²) in [6.45, 7) is 3.42. The largest absolute Gasteiger partial charge is 0.436 e. The maximum Gasteiger partial charge on any atom is 0.227 e. The van der Waals surface area contributed by atoms with Crippen molar-refractivity contribution in [3.8, 4) is 11.5 Å². The number of hydrogen-bond donors (Lipinski definition) is 0. The molecule has 3 aromatic rings. The van der Waals surface area contributed by atoms with Crippen LogP contribution in [0.5, 0.6) is 0 Å². The van der Waals surface area contributed by atoms with Crippen LogP contribution in [0.3, 0.4) is 0 Å². The summed E-state index contributed by atoms with van der Waals surface area (Å²) in [5, 5.41) is 0. The highest BCUT2D eigenvalue weighted by Crippen LogP contribution is 2.27. The lowest BCUT2D eigenvalue weighted by molar-refractivity contribution is 0.122. The Labute approximate surface area is 123 Å². The number of benzene rings is 2. The van der Waals surface area contributed by atoms with E-state index in [1.165, 1.54) is 5.69 Å². The topological polar surface area (TPSA) is 38.5 Å². The Balaban J connectivity index is 1.71. The molecule has 4 rings (SSSR count). The summed E-state index contributed by atoms with van der Waals surface area (Å²) in [5.74, 6) is 0.673. The van der Waals surface area contributed by atoms with Gasteiger partial charge in [0.1, 0.15) is 5.52 Å². The zero-order valence-corrected chi connectivity index (χ0v) is 11.7. The number of oxazole rings is 1. The first-order chi connectivity index (χ1) is 10.4. The molecule has 2 heterocycles. The molecule has 0 unspecified atom stereocenters. The molecule has 0 radical (unpaired) electrons. The van der Waals surface area contributed by atoms with E-state index in [1.54, 1.807) is 0 Å². The van der Waals surface area contributed by atoms with Crippen molar-refractivity contribution in [1.29, 1.82) is 0 Å². The lowest BCUT2D eigenvalue weighted by Gasteiger charge is -2.29. The summed E-state index contributed by atoms with van der Waals surface area (Å²) in [6.07, 6.45) is 0. The number of morpholine rings is 1. The van der Waals surface area contributed by atoms with Gasteiger partial charge in [-0.2, -0.15) is 0 Å². The van der Waals surface area contributed by atoms with Crippen LogP contribution in [-0.2, 0) is 4.74 Å². The fraction of sp³-hybridized carbons (Fsp3) is 0.235. The zero-order chi connectivity index (χ0) is 14.1. The van der Waals surface area contributed by atoms with Crippen molar-refractivity contribution in [3.63, 3.8) is 0 Å². The fourth-order valence-corrected chi connectivity index (χ4v) is 2.65. The van der Waals surface area contributed by atoms with Crippen molar-refractivity contribution in [2.75, 3.05) is 31.2 Å². The second-order valence-corrected chi connectivity index (χ2v) is 5.14. The predicted octanol–water partition coefficient (Wildman–Crippen LogP) is 3.33. The van der Waals surface area contributed by atoms with Gasteiger partial charge in [0.05, 0.1) is 13.2 Å². The van der Waals surface area contributed by atoms with Crippen molar-refractivity contribution in [2.45, 2.75) is 0 Å². The number of hydrogen-bond acceptors (Lipinski definition) is 4. The highest BCUT2D eigenvalue weighted by Gasteiger charge is 2.13. The van der Waals surface area contributed by atoms with E-state index >= 15 is 0 Å². The molecule has 0 aliphatic carbocycles. The molecule has 1 aromatic heterocycles. The smallest absolute Gasteiger partial charge is 0.227 e. The summed E-state index contributed by atoms with van der Waals surface area (Å²) in [5.41, 5.74) is 3.92. The molecule has 0 spiro atoms. The second kappa shape index (κ2) is 5.22. The number of nitrogens with zero attached hydrogens (tertiary/aromatic N) is 2. The van der Waals surface area contributed by atoms with Gasteiger partial charge < -0.3 is 14.1 Å². The number of fused-ring (bicyclic) bond motifs is 1. The summed E-state index contributed by atoms with van der Waals surface area (Å²) in [7, 11) is 0. The van der Waals surface area contributed by atoms with Crippen molar-refractivity contribution < 1.29 is 9.15 Å². The van der Waals surface area contributed by atoms with E-state index in [0.29, 0.717) is 5.89 Å². The number of aromatic nitrogens is 1. The first-order valence-electron chi connectivity index (χ1n) is 7.19. The van der Waals surface area contributed by atoms with E-state index in [4.69, 9.17) is 9.15 Å². The quantitative estimate of drug-likeness (QED) is 0.721. The van der Waals surface area contributed by atoms with Crippen LogP contribution in [0.2, 0.25) is 0 Å². The third-order valence-electron chi connectivity index (χ3n) is 3.76. The summed E-state index contributed by atoms with van der Waals surface area (Å²) in [6, 6.07) is 16.2. The average Bonchev–Trinajstić information content (AvgIpc) is 3.00. The second-order valence-electron chi connectivity index (χ2n) is 5.14. The third kappa shape index (κ3) is 2.38. The molecule has 0 bridgehead atoms. The molecular formula is C17H16N2O2. The SMILES string of the molecule is c1cc(-c2nc3ccccc3o2)cc(N2CCOCC2)c1. The van der Waals surface area contributed by atoms with E-state index in [9.17, 15) is 0 Å². The van der Waals surface area contributed by atoms with Gasteiger partial charge in [-0.3, -0.25) is 0 Å². The van der Waals surface area contributed by atoms with Gasteiger partial charge in [-0.25, -0.2) is 4.98 Å². The number of ether oxygens (including phenoxy) is 1. The molecule has 0 amide bonds. The Morgan fingerprint density at radius 3 is 2.67 bits per heavy atom. The molecule has 2 aromatic carbocycles. The van der Waals surface area contributed by atoms with E-state index < -0.39 is 0 Å². The lowest BCUT2D eigenvalue weighted by Crippen LogP contribution is -2.36. The van der Waals surface area contributed by atoms with Gasteiger partial charge in [-0.1, -0.05) is 18.2 Å². The highest BCUT2D eigenvalue weighted by molar-refractivity contribution is 5.76. The molecule has 1 aliphatic rings. The summed E-state index contributed by atoms with van der Waals surface area (Å²) >= 11 is 0. The van der Waals surface area contributed by atoms with Gasteiger partial charge in [0, 0.05) is 24.3 Å². The Bertz CT molecular complexity index is 727. The zero-order valence-electron chi connectivity index (χ0n) is 11.7. The van der Waals surface area contributed by atoms with E-state index in [2.05, 4.69) is 28.1 Å². The summed E-state index contributed by atoms with van der Waals surface area (Å²) < 4.78 is 11.2. The maximum absolute atomic E-state index is 5.84. The molecule has 4 heteroatoms. The van der Waals surface area contributed by atoms with Gasteiger partial charge in [0.25, 0.3) is 0 Å². The lowest BCUT2D eigenvalue weighted by atomic mass is 10.2. The Hall–Kier alpha value is -2.33. The first-order valence-corrected chi connectivity index (χ1v) is 7.19. The van der Waals surface area contributed by atoms with Crippen LogP contribution in [0.4, 0.5) is 5.69 Å². The Kier molecular flexibility index (Phi) is 3.09. The van der Waals surface area contributed by atoms with E-state index in [0.717, 1.165) is 43.0 Å². The normalized spacial score (nSPS) is 15.5. The molecule has 106 valence electrons.